The van der Waals surface area contributed by atoms with E-state index in [-0.39, 0.29) is 24.9 Å². The molecule has 0 radical (unpaired) electrons. The Kier molecular flexibility index (Phi) is 13.9. The molecule has 8 heteroatoms. The standard InChI is InChI=1S/C14H28N2O4S2/c15-11(5-1-3-7-13(17)18)9-21-22-10-12(16)6-2-4-8-14(19)20/h11-12H,1-10,15-16H2,(H,17,18)(H,19,20). The third-order valence-electron chi connectivity index (χ3n) is 3.08. The van der Waals surface area contributed by atoms with Gasteiger partial charge in [0.25, 0.3) is 0 Å². The molecule has 0 aliphatic heterocycles. The average molecular weight is 353 g/mol. The van der Waals surface area contributed by atoms with Crippen LogP contribution in [-0.4, -0.2) is 45.7 Å². The van der Waals surface area contributed by atoms with E-state index in [0.29, 0.717) is 12.8 Å². The maximum absolute atomic E-state index is 10.4. The van der Waals surface area contributed by atoms with Gasteiger partial charge < -0.3 is 21.7 Å². The molecule has 0 aromatic rings. The van der Waals surface area contributed by atoms with E-state index in [1.54, 1.807) is 21.6 Å². The summed E-state index contributed by atoms with van der Waals surface area (Å²) in [4.78, 5) is 20.7. The van der Waals surface area contributed by atoms with E-state index in [0.717, 1.165) is 37.2 Å². The van der Waals surface area contributed by atoms with Crippen molar-refractivity contribution < 1.29 is 19.8 Å². The van der Waals surface area contributed by atoms with Crippen LogP contribution in [0, 0.1) is 0 Å². The smallest absolute Gasteiger partial charge is 0.303 e. The molecule has 0 amide bonds. The van der Waals surface area contributed by atoms with Gasteiger partial charge in [0.1, 0.15) is 0 Å². The molecule has 0 aromatic heterocycles. The zero-order valence-corrected chi connectivity index (χ0v) is 14.5. The van der Waals surface area contributed by atoms with Gasteiger partial charge in [-0.3, -0.25) is 9.59 Å². The molecule has 0 saturated carbocycles. The van der Waals surface area contributed by atoms with Gasteiger partial charge in [0, 0.05) is 36.4 Å². The molecule has 6 nitrogen and oxygen atoms in total. The normalized spacial score (nSPS) is 13.7. The van der Waals surface area contributed by atoms with Crippen LogP contribution in [0.1, 0.15) is 51.4 Å². The predicted octanol–water partition coefficient (Wildman–Crippen LogP) is 2.31. The van der Waals surface area contributed by atoms with Gasteiger partial charge in [0.2, 0.25) is 0 Å². The maximum Gasteiger partial charge on any atom is 0.303 e. The van der Waals surface area contributed by atoms with E-state index in [1.807, 2.05) is 0 Å². The summed E-state index contributed by atoms with van der Waals surface area (Å²) in [5.41, 5.74) is 11.9. The highest BCUT2D eigenvalue weighted by Crippen LogP contribution is 2.24. The highest BCUT2D eigenvalue weighted by molar-refractivity contribution is 8.76. The van der Waals surface area contributed by atoms with E-state index >= 15 is 0 Å². The molecular formula is C14H28N2O4S2. The highest BCUT2D eigenvalue weighted by atomic mass is 33.1. The van der Waals surface area contributed by atoms with Crippen molar-refractivity contribution in [3.63, 3.8) is 0 Å². The Morgan fingerprint density at radius 3 is 1.45 bits per heavy atom. The Labute approximate surface area is 140 Å². The van der Waals surface area contributed by atoms with Gasteiger partial charge in [-0.25, -0.2) is 0 Å². The number of rotatable bonds is 15. The number of nitrogens with two attached hydrogens (primary N) is 2. The number of carbonyl (C=O) groups is 2. The summed E-state index contributed by atoms with van der Waals surface area (Å²) in [5, 5.41) is 17.1. The van der Waals surface area contributed by atoms with Gasteiger partial charge in [0.15, 0.2) is 0 Å². The number of carboxylic acids is 2. The summed E-state index contributed by atoms with van der Waals surface area (Å²) in [6.07, 6.45) is 5.19. The summed E-state index contributed by atoms with van der Waals surface area (Å²) in [6.45, 7) is 0. The third kappa shape index (κ3) is 15.9. The zero-order valence-electron chi connectivity index (χ0n) is 12.9. The topological polar surface area (TPSA) is 127 Å². The van der Waals surface area contributed by atoms with Crippen molar-refractivity contribution in [1.29, 1.82) is 0 Å². The summed E-state index contributed by atoms with van der Waals surface area (Å²) in [5.74, 6) is 0.166. The van der Waals surface area contributed by atoms with Crippen LogP contribution in [0.5, 0.6) is 0 Å². The lowest BCUT2D eigenvalue weighted by Gasteiger charge is -2.12. The molecule has 0 saturated heterocycles. The molecule has 6 N–H and O–H groups in total. The van der Waals surface area contributed by atoms with Crippen molar-refractivity contribution in [2.75, 3.05) is 11.5 Å². The molecule has 0 aromatic carbocycles. The minimum Gasteiger partial charge on any atom is -0.481 e. The minimum absolute atomic E-state index is 0.0954. The third-order valence-corrected chi connectivity index (χ3v) is 5.69. The molecule has 0 bridgehead atoms. The molecule has 0 spiro atoms. The number of carboxylic acid groups (broad SMARTS) is 2. The van der Waals surface area contributed by atoms with Crippen molar-refractivity contribution in [3.05, 3.63) is 0 Å². The second-order valence-electron chi connectivity index (χ2n) is 5.37. The largest absolute Gasteiger partial charge is 0.481 e. The van der Waals surface area contributed by atoms with Crippen molar-refractivity contribution >= 4 is 33.5 Å². The Morgan fingerprint density at radius 1 is 0.773 bits per heavy atom. The fourth-order valence-corrected chi connectivity index (χ4v) is 4.30. The molecule has 0 aliphatic carbocycles. The van der Waals surface area contributed by atoms with Crippen molar-refractivity contribution in [3.8, 4) is 0 Å². The van der Waals surface area contributed by atoms with Crippen LogP contribution in [0.3, 0.4) is 0 Å². The Balaban J connectivity index is 3.39. The van der Waals surface area contributed by atoms with Gasteiger partial charge >= 0.3 is 11.9 Å². The Bertz CT molecular complexity index is 289. The number of unbranched alkanes of at least 4 members (excludes halogenated alkanes) is 2. The van der Waals surface area contributed by atoms with E-state index in [4.69, 9.17) is 21.7 Å². The lowest BCUT2D eigenvalue weighted by atomic mass is 10.1. The van der Waals surface area contributed by atoms with Gasteiger partial charge in [-0.05, 0) is 25.7 Å². The van der Waals surface area contributed by atoms with Crippen LogP contribution in [-0.2, 0) is 9.59 Å². The minimum atomic E-state index is -0.754. The summed E-state index contributed by atoms with van der Waals surface area (Å²) < 4.78 is 0. The molecule has 0 rings (SSSR count). The first-order valence-electron chi connectivity index (χ1n) is 7.61. The molecule has 130 valence electrons. The van der Waals surface area contributed by atoms with Crippen LogP contribution in [0.25, 0.3) is 0 Å². The summed E-state index contributed by atoms with van der Waals surface area (Å²) in [7, 11) is 3.40. The van der Waals surface area contributed by atoms with E-state index in [9.17, 15) is 9.59 Å². The van der Waals surface area contributed by atoms with Crippen molar-refractivity contribution in [1.82, 2.24) is 0 Å². The van der Waals surface area contributed by atoms with Crippen molar-refractivity contribution in [2.24, 2.45) is 11.5 Å². The molecule has 0 aliphatic rings. The molecule has 2 atom stereocenters. The number of aliphatic carboxylic acids is 2. The number of hydrogen-bond acceptors (Lipinski definition) is 6. The van der Waals surface area contributed by atoms with Gasteiger partial charge in [0.05, 0.1) is 0 Å². The van der Waals surface area contributed by atoms with Crippen LogP contribution in [0.15, 0.2) is 0 Å². The molecular weight excluding hydrogens is 324 g/mol. The van der Waals surface area contributed by atoms with Crippen LogP contribution in [0.4, 0.5) is 0 Å². The predicted molar refractivity (Wildman–Crippen MR) is 93.1 cm³/mol. The molecule has 0 heterocycles. The SMILES string of the molecule is NC(CCCCC(=O)O)CSSCC(N)CCCCC(=O)O. The lowest BCUT2D eigenvalue weighted by Crippen LogP contribution is -2.24. The van der Waals surface area contributed by atoms with E-state index in [2.05, 4.69) is 0 Å². The Hall–Kier alpha value is -0.440. The highest BCUT2D eigenvalue weighted by Gasteiger charge is 2.07. The monoisotopic (exact) mass is 352 g/mol. The molecule has 2 unspecified atom stereocenters. The fraction of sp³-hybridized carbons (Fsp3) is 0.857. The van der Waals surface area contributed by atoms with Crippen LogP contribution in [0.2, 0.25) is 0 Å². The average Bonchev–Trinajstić information content (AvgIpc) is 2.44. The van der Waals surface area contributed by atoms with Gasteiger partial charge in [-0.2, -0.15) is 0 Å². The first-order chi connectivity index (χ1) is 10.4. The quantitative estimate of drug-likeness (QED) is 0.261. The zero-order chi connectivity index (χ0) is 16.8. The molecule has 0 fully saturated rings. The summed E-state index contributed by atoms with van der Waals surface area (Å²) >= 11 is 0. The maximum atomic E-state index is 10.4. The van der Waals surface area contributed by atoms with Gasteiger partial charge in [-0.1, -0.05) is 34.4 Å². The van der Waals surface area contributed by atoms with E-state index in [1.165, 1.54) is 0 Å². The van der Waals surface area contributed by atoms with Crippen molar-refractivity contribution in [2.45, 2.75) is 63.5 Å². The Morgan fingerprint density at radius 2 is 1.14 bits per heavy atom. The van der Waals surface area contributed by atoms with Gasteiger partial charge in [-0.15, -0.1) is 0 Å². The van der Waals surface area contributed by atoms with Crippen LogP contribution >= 0.6 is 21.6 Å². The fourth-order valence-electron chi connectivity index (χ4n) is 1.80. The second-order valence-corrected chi connectivity index (χ2v) is 7.92. The van der Waals surface area contributed by atoms with Crippen LogP contribution < -0.4 is 11.5 Å². The first-order valence-corrected chi connectivity index (χ1v) is 10.1. The molecule has 22 heavy (non-hydrogen) atoms. The number of hydrogen-bond donors (Lipinski definition) is 4. The lowest BCUT2D eigenvalue weighted by molar-refractivity contribution is -0.138. The first kappa shape index (κ1) is 21.6. The van der Waals surface area contributed by atoms with E-state index < -0.39 is 11.9 Å². The second kappa shape index (κ2) is 14.2. The summed E-state index contributed by atoms with van der Waals surface area (Å²) in [6, 6.07) is 0.191.